The molecule has 0 saturated carbocycles. The van der Waals surface area contributed by atoms with Gasteiger partial charge in [-0.05, 0) is 25.1 Å². The molecule has 0 atom stereocenters. The van der Waals surface area contributed by atoms with Crippen molar-refractivity contribution in [2.24, 2.45) is 0 Å². The molecular formula is C16H16N2O4. The van der Waals surface area contributed by atoms with E-state index < -0.39 is 5.97 Å². The number of methoxy groups -OCH3 is 1. The molecular weight excluding hydrogens is 284 g/mol. The lowest BCUT2D eigenvalue weighted by Crippen LogP contribution is -2.04. The Morgan fingerprint density at radius 1 is 1.41 bits per heavy atom. The summed E-state index contributed by atoms with van der Waals surface area (Å²) in [4.78, 5) is 16.0. The second kappa shape index (κ2) is 5.65. The number of para-hydroxylation sites is 2. The zero-order valence-corrected chi connectivity index (χ0v) is 12.4. The molecule has 3 aromatic rings. The molecule has 0 aliphatic rings. The van der Waals surface area contributed by atoms with Gasteiger partial charge < -0.3 is 18.8 Å². The quantitative estimate of drug-likeness (QED) is 0.748. The molecule has 0 saturated heterocycles. The Balaban J connectivity index is 2.01. The van der Waals surface area contributed by atoms with Crippen molar-refractivity contribution in [1.82, 2.24) is 9.55 Å². The van der Waals surface area contributed by atoms with E-state index in [1.54, 1.807) is 13.0 Å². The topological polar surface area (TPSA) is 77.5 Å². The van der Waals surface area contributed by atoms with Gasteiger partial charge in [0.2, 0.25) is 0 Å². The van der Waals surface area contributed by atoms with Gasteiger partial charge in [-0.3, -0.25) is 0 Å². The van der Waals surface area contributed by atoms with E-state index in [0.29, 0.717) is 29.5 Å². The van der Waals surface area contributed by atoms with Gasteiger partial charge in [0.15, 0.2) is 0 Å². The second-order valence-electron chi connectivity index (χ2n) is 4.94. The van der Waals surface area contributed by atoms with E-state index in [-0.39, 0.29) is 6.61 Å². The van der Waals surface area contributed by atoms with Crippen LogP contribution in [-0.4, -0.2) is 27.7 Å². The molecule has 114 valence electrons. The number of carbonyl (C=O) groups excluding carboxylic acids is 1. The smallest absolute Gasteiger partial charge is 0.341 e. The van der Waals surface area contributed by atoms with Gasteiger partial charge in [-0.15, -0.1) is 0 Å². The van der Waals surface area contributed by atoms with Crippen molar-refractivity contribution in [3.05, 3.63) is 53.2 Å². The first-order valence-electron chi connectivity index (χ1n) is 6.86. The summed E-state index contributed by atoms with van der Waals surface area (Å²) >= 11 is 0. The normalized spacial score (nSPS) is 11.0. The molecule has 6 nitrogen and oxygen atoms in total. The number of aromatic nitrogens is 2. The molecule has 0 amide bonds. The summed E-state index contributed by atoms with van der Waals surface area (Å²) in [6, 6.07) is 9.29. The highest BCUT2D eigenvalue weighted by atomic mass is 16.5. The van der Waals surface area contributed by atoms with Crippen LogP contribution in [0.5, 0.6) is 0 Å². The van der Waals surface area contributed by atoms with Crippen molar-refractivity contribution in [3.8, 4) is 0 Å². The predicted octanol–water partition coefficient (Wildman–Crippen LogP) is 2.26. The van der Waals surface area contributed by atoms with E-state index in [1.165, 1.54) is 7.11 Å². The van der Waals surface area contributed by atoms with Crippen LogP contribution in [0.25, 0.3) is 11.0 Å². The third kappa shape index (κ3) is 2.37. The van der Waals surface area contributed by atoms with E-state index in [0.717, 1.165) is 11.0 Å². The van der Waals surface area contributed by atoms with E-state index >= 15 is 0 Å². The van der Waals surface area contributed by atoms with Crippen LogP contribution in [0.1, 0.15) is 27.7 Å². The van der Waals surface area contributed by atoms with Crippen LogP contribution in [0, 0.1) is 6.92 Å². The minimum Gasteiger partial charge on any atom is -0.465 e. The SMILES string of the molecule is COC(=O)c1cc(Cn2c(CO)nc3ccccc32)oc1C. The maximum absolute atomic E-state index is 11.6. The van der Waals surface area contributed by atoms with Gasteiger partial charge in [-0.25, -0.2) is 9.78 Å². The van der Waals surface area contributed by atoms with Crippen LogP contribution in [-0.2, 0) is 17.9 Å². The monoisotopic (exact) mass is 300 g/mol. The Morgan fingerprint density at radius 2 is 2.18 bits per heavy atom. The Labute approximate surface area is 126 Å². The van der Waals surface area contributed by atoms with Crippen LogP contribution in [0.3, 0.4) is 0 Å². The minimum atomic E-state index is -0.426. The van der Waals surface area contributed by atoms with Crippen LogP contribution < -0.4 is 0 Å². The highest BCUT2D eigenvalue weighted by molar-refractivity contribution is 5.90. The number of imidazole rings is 1. The number of aryl methyl sites for hydroxylation is 1. The molecule has 0 aliphatic carbocycles. The van der Waals surface area contributed by atoms with E-state index in [2.05, 4.69) is 4.98 Å². The Kier molecular flexibility index (Phi) is 3.68. The molecule has 2 aromatic heterocycles. The summed E-state index contributed by atoms with van der Waals surface area (Å²) in [6.45, 7) is 1.93. The zero-order valence-electron chi connectivity index (χ0n) is 12.4. The number of rotatable bonds is 4. The number of benzene rings is 1. The van der Waals surface area contributed by atoms with Crippen molar-refractivity contribution in [1.29, 1.82) is 0 Å². The number of carbonyl (C=O) groups is 1. The molecule has 0 bridgehead atoms. The molecule has 1 N–H and O–H groups in total. The number of nitrogens with zero attached hydrogens (tertiary/aromatic N) is 2. The summed E-state index contributed by atoms with van der Waals surface area (Å²) < 4.78 is 12.2. The van der Waals surface area contributed by atoms with Crippen molar-refractivity contribution in [2.75, 3.05) is 7.11 Å². The number of aliphatic hydroxyl groups excluding tert-OH is 1. The fourth-order valence-corrected chi connectivity index (χ4v) is 2.51. The summed E-state index contributed by atoms with van der Waals surface area (Å²) in [7, 11) is 1.34. The highest BCUT2D eigenvalue weighted by Crippen LogP contribution is 2.21. The number of aliphatic hydroxyl groups is 1. The highest BCUT2D eigenvalue weighted by Gasteiger charge is 2.17. The summed E-state index contributed by atoms with van der Waals surface area (Å²) in [6.07, 6.45) is 0. The third-order valence-electron chi connectivity index (χ3n) is 3.56. The molecule has 0 unspecified atom stereocenters. The number of hydrogen-bond acceptors (Lipinski definition) is 5. The third-order valence-corrected chi connectivity index (χ3v) is 3.56. The number of esters is 1. The Hall–Kier alpha value is -2.60. The molecule has 0 radical (unpaired) electrons. The van der Waals surface area contributed by atoms with E-state index in [1.807, 2.05) is 28.8 Å². The van der Waals surface area contributed by atoms with Crippen LogP contribution >= 0.6 is 0 Å². The molecule has 0 fully saturated rings. The van der Waals surface area contributed by atoms with Crippen molar-refractivity contribution >= 4 is 17.0 Å². The minimum absolute atomic E-state index is 0.168. The summed E-state index contributed by atoms with van der Waals surface area (Å²) in [5.41, 5.74) is 2.12. The van der Waals surface area contributed by atoms with Crippen molar-refractivity contribution in [2.45, 2.75) is 20.1 Å². The summed E-state index contributed by atoms with van der Waals surface area (Å²) in [5, 5.41) is 9.50. The van der Waals surface area contributed by atoms with Gasteiger partial charge in [-0.1, -0.05) is 12.1 Å². The Morgan fingerprint density at radius 3 is 2.91 bits per heavy atom. The second-order valence-corrected chi connectivity index (χ2v) is 4.94. The van der Waals surface area contributed by atoms with Crippen LogP contribution in [0.4, 0.5) is 0 Å². The Bertz CT molecular complexity index is 832. The van der Waals surface area contributed by atoms with Gasteiger partial charge >= 0.3 is 5.97 Å². The molecule has 22 heavy (non-hydrogen) atoms. The van der Waals surface area contributed by atoms with Gasteiger partial charge in [0.05, 0.1) is 24.7 Å². The number of hydrogen-bond donors (Lipinski definition) is 1. The van der Waals surface area contributed by atoms with Crippen LogP contribution in [0.15, 0.2) is 34.7 Å². The van der Waals surface area contributed by atoms with Crippen molar-refractivity contribution in [3.63, 3.8) is 0 Å². The molecule has 2 heterocycles. The maximum Gasteiger partial charge on any atom is 0.341 e. The first-order chi connectivity index (χ1) is 10.6. The summed E-state index contributed by atoms with van der Waals surface area (Å²) in [5.74, 6) is 1.24. The maximum atomic E-state index is 11.6. The van der Waals surface area contributed by atoms with Gasteiger partial charge in [0, 0.05) is 0 Å². The van der Waals surface area contributed by atoms with E-state index in [9.17, 15) is 9.90 Å². The number of ether oxygens (including phenoxy) is 1. The zero-order chi connectivity index (χ0) is 15.7. The lowest BCUT2D eigenvalue weighted by molar-refractivity contribution is 0.0599. The lowest BCUT2D eigenvalue weighted by Gasteiger charge is -2.05. The first-order valence-corrected chi connectivity index (χ1v) is 6.86. The first kappa shape index (κ1) is 14.3. The van der Waals surface area contributed by atoms with Gasteiger partial charge in [0.1, 0.15) is 29.5 Å². The van der Waals surface area contributed by atoms with Crippen molar-refractivity contribution < 1.29 is 19.1 Å². The average molecular weight is 300 g/mol. The van der Waals surface area contributed by atoms with E-state index in [4.69, 9.17) is 9.15 Å². The molecule has 3 rings (SSSR count). The number of fused-ring (bicyclic) bond motifs is 1. The largest absolute Gasteiger partial charge is 0.465 e. The molecule has 1 aromatic carbocycles. The lowest BCUT2D eigenvalue weighted by atomic mass is 10.2. The fraction of sp³-hybridized carbons (Fsp3) is 0.250. The molecule has 6 heteroatoms. The number of furan rings is 1. The van der Waals surface area contributed by atoms with Crippen LogP contribution in [0.2, 0.25) is 0 Å². The fourth-order valence-electron chi connectivity index (χ4n) is 2.51. The average Bonchev–Trinajstić information content (AvgIpc) is 3.08. The van der Waals surface area contributed by atoms with Gasteiger partial charge in [0.25, 0.3) is 0 Å². The van der Waals surface area contributed by atoms with Gasteiger partial charge in [-0.2, -0.15) is 0 Å². The predicted molar refractivity (Wildman–Crippen MR) is 79.5 cm³/mol. The standard InChI is InChI=1S/C16H16N2O4/c1-10-12(16(20)21-2)7-11(22-10)8-18-14-6-4-3-5-13(14)17-15(18)9-19/h3-7,19H,8-9H2,1-2H3. The molecule has 0 aliphatic heterocycles. The molecule has 0 spiro atoms.